The monoisotopic (exact) mass is 287 g/mol. The van der Waals surface area contributed by atoms with Gasteiger partial charge in [0, 0.05) is 19.6 Å². The van der Waals surface area contributed by atoms with Gasteiger partial charge in [-0.2, -0.15) is 0 Å². The first-order valence-electron chi connectivity index (χ1n) is 7.11. The Morgan fingerprint density at radius 2 is 2.20 bits per heavy atom. The zero-order valence-corrected chi connectivity index (χ0v) is 12.3. The van der Waals surface area contributed by atoms with Crippen LogP contribution in [0.4, 0.5) is 0 Å². The highest BCUT2D eigenvalue weighted by Gasteiger charge is 2.26. The van der Waals surface area contributed by atoms with E-state index in [4.69, 9.17) is 14.6 Å². The minimum absolute atomic E-state index is 0.112. The van der Waals surface area contributed by atoms with Crippen molar-refractivity contribution in [2.75, 3.05) is 26.4 Å². The van der Waals surface area contributed by atoms with Crippen molar-refractivity contribution in [3.63, 3.8) is 0 Å². The lowest BCUT2D eigenvalue weighted by molar-refractivity contribution is -0.147. The van der Waals surface area contributed by atoms with Crippen molar-refractivity contribution in [1.29, 1.82) is 0 Å². The maximum atomic E-state index is 11.5. The Balaban J connectivity index is 2.01. The van der Waals surface area contributed by atoms with Crippen molar-refractivity contribution >= 4 is 11.9 Å². The summed E-state index contributed by atoms with van der Waals surface area (Å²) < 4.78 is 10.8. The third-order valence-corrected chi connectivity index (χ3v) is 3.45. The van der Waals surface area contributed by atoms with E-state index in [-0.39, 0.29) is 12.0 Å². The van der Waals surface area contributed by atoms with E-state index in [2.05, 4.69) is 5.32 Å². The fourth-order valence-corrected chi connectivity index (χ4v) is 1.87. The minimum atomic E-state index is -0.855. The molecule has 0 spiro atoms. The molecule has 0 aromatic heterocycles. The second kappa shape index (κ2) is 8.21. The Morgan fingerprint density at radius 1 is 1.45 bits per heavy atom. The van der Waals surface area contributed by atoms with Crippen molar-refractivity contribution in [2.24, 2.45) is 5.41 Å². The van der Waals surface area contributed by atoms with Gasteiger partial charge in [0.25, 0.3) is 0 Å². The van der Waals surface area contributed by atoms with Gasteiger partial charge in [0.05, 0.1) is 24.7 Å². The normalized spacial score (nSPS) is 19.0. The number of hydrogen-bond acceptors (Lipinski definition) is 4. The lowest BCUT2D eigenvalue weighted by Gasteiger charge is -2.18. The molecule has 1 atom stereocenters. The van der Waals surface area contributed by atoms with Gasteiger partial charge in [-0.1, -0.05) is 0 Å². The van der Waals surface area contributed by atoms with Gasteiger partial charge >= 0.3 is 5.97 Å². The van der Waals surface area contributed by atoms with Gasteiger partial charge in [0.2, 0.25) is 5.91 Å². The van der Waals surface area contributed by atoms with E-state index in [0.29, 0.717) is 32.6 Å². The van der Waals surface area contributed by atoms with Crippen LogP contribution in [0.1, 0.15) is 39.5 Å². The number of aliphatic carboxylic acids is 1. The molecule has 1 heterocycles. The summed E-state index contributed by atoms with van der Waals surface area (Å²) in [5.41, 5.74) is -0.816. The number of nitrogens with one attached hydrogen (secondary N) is 1. The van der Waals surface area contributed by atoms with Crippen LogP contribution >= 0.6 is 0 Å². The van der Waals surface area contributed by atoms with Crippen LogP contribution < -0.4 is 5.32 Å². The van der Waals surface area contributed by atoms with E-state index in [1.807, 2.05) is 0 Å². The molecule has 6 heteroatoms. The molecule has 6 nitrogen and oxygen atoms in total. The zero-order valence-electron chi connectivity index (χ0n) is 12.3. The summed E-state index contributed by atoms with van der Waals surface area (Å²) in [7, 11) is 0. The Labute approximate surface area is 119 Å². The van der Waals surface area contributed by atoms with Crippen LogP contribution in [0, 0.1) is 5.41 Å². The first kappa shape index (κ1) is 16.9. The highest BCUT2D eigenvalue weighted by atomic mass is 16.5. The summed E-state index contributed by atoms with van der Waals surface area (Å²) >= 11 is 0. The van der Waals surface area contributed by atoms with E-state index in [1.165, 1.54) is 0 Å². The maximum Gasteiger partial charge on any atom is 0.309 e. The van der Waals surface area contributed by atoms with Crippen molar-refractivity contribution in [3.8, 4) is 0 Å². The summed E-state index contributed by atoms with van der Waals surface area (Å²) in [4.78, 5) is 22.4. The standard InChI is InChI=1S/C14H25NO5/c1-14(2,13(17)18)6-7-15-12(16)5-9-19-10-11-4-3-8-20-11/h11H,3-10H2,1-2H3,(H,15,16)(H,17,18). The molecule has 1 saturated heterocycles. The van der Waals surface area contributed by atoms with Crippen LogP contribution in [0.2, 0.25) is 0 Å². The van der Waals surface area contributed by atoms with Gasteiger partial charge in [-0.25, -0.2) is 0 Å². The molecule has 1 amide bonds. The van der Waals surface area contributed by atoms with E-state index < -0.39 is 11.4 Å². The molecule has 0 radical (unpaired) electrons. The number of carbonyl (C=O) groups is 2. The molecule has 1 rings (SSSR count). The second-order valence-electron chi connectivity index (χ2n) is 5.75. The first-order valence-corrected chi connectivity index (χ1v) is 7.11. The third kappa shape index (κ3) is 6.34. The second-order valence-corrected chi connectivity index (χ2v) is 5.75. The Bertz CT molecular complexity index is 324. The van der Waals surface area contributed by atoms with Crippen molar-refractivity contribution < 1.29 is 24.2 Å². The SMILES string of the molecule is CC(C)(CCNC(=O)CCOCC1CCCO1)C(=O)O. The summed E-state index contributed by atoms with van der Waals surface area (Å²) in [6, 6.07) is 0. The molecule has 0 aromatic carbocycles. The Kier molecular flexibility index (Phi) is 6.95. The van der Waals surface area contributed by atoms with Gasteiger partial charge in [0.1, 0.15) is 0 Å². The zero-order chi connectivity index (χ0) is 15.0. The summed E-state index contributed by atoms with van der Waals surface area (Å²) in [6.07, 6.45) is 2.98. The van der Waals surface area contributed by atoms with Gasteiger partial charge in [-0.3, -0.25) is 9.59 Å². The average molecular weight is 287 g/mol. The molecular formula is C14H25NO5. The number of carbonyl (C=O) groups excluding carboxylic acids is 1. The molecule has 0 aromatic rings. The van der Waals surface area contributed by atoms with Crippen molar-refractivity contribution in [1.82, 2.24) is 5.32 Å². The lowest BCUT2D eigenvalue weighted by Crippen LogP contribution is -2.32. The predicted molar refractivity (Wildman–Crippen MR) is 73.5 cm³/mol. The highest BCUT2D eigenvalue weighted by molar-refractivity contribution is 5.76. The van der Waals surface area contributed by atoms with E-state index in [1.54, 1.807) is 13.8 Å². The smallest absolute Gasteiger partial charge is 0.309 e. The van der Waals surface area contributed by atoms with Gasteiger partial charge < -0.3 is 19.9 Å². The van der Waals surface area contributed by atoms with Crippen LogP contribution in [-0.4, -0.2) is 49.5 Å². The fourth-order valence-electron chi connectivity index (χ4n) is 1.87. The van der Waals surface area contributed by atoms with Crippen LogP contribution in [0.3, 0.4) is 0 Å². The molecule has 0 saturated carbocycles. The summed E-state index contributed by atoms with van der Waals surface area (Å²) in [5, 5.41) is 11.6. The molecule has 1 aliphatic rings. The maximum absolute atomic E-state index is 11.5. The molecule has 1 aliphatic heterocycles. The number of ether oxygens (including phenoxy) is 2. The lowest BCUT2D eigenvalue weighted by atomic mass is 9.90. The van der Waals surface area contributed by atoms with Crippen LogP contribution in [0.5, 0.6) is 0 Å². The van der Waals surface area contributed by atoms with Gasteiger partial charge in [-0.15, -0.1) is 0 Å². The number of amides is 1. The largest absolute Gasteiger partial charge is 0.481 e. The van der Waals surface area contributed by atoms with Gasteiger partial charge in [0.15, 0.2) is 0 Å². The predicted octanol–water partition coefficient (Wildman–Crippen LogP) is 1.19. The van der Waals surface area contributed by atoms with E-state index in [0.717, 1.165) is 19.4 Å². The average Bonchev–Trinajstić information content (AvgIpc) is 2.87. The van der Waals surface area contributed by atoms with Crippen molar-refractivity contribution in [3.05, 3.63) is 0 Å². The number of rotatable bonds is 9. The fraction of sp³-hybridized carbons (Fsp3) is 0.857. The molecule has 1 fully saturated rings. The topological polar surface area (TPSA) is 84.9 Å². The number of carboxylic acids is 1. The van der Waals surface area contributed by atoms with Gasteiger partial charge in [-0.05, 0) is 33.1 Å². The Morgan fingerprint density at radius 3 is 2.80 bits per heavy atom. The van der Waals surface area contributed by atoms with Crippen LogP contribution in [-0.2, 0) is 19.1 Å². The number of carboxylic acid groups (broad SMARTS) is 1. The quantitative estimate of drug-likeness (QED) is 0.622. The summed E-state index contributed by atoms with van der Waals surface area (Å²) in [6.45, 7) is 5.36. The van der Waals surface area contributed by atoms with Crippen LogP contribution in [0.25, 0.3) is 0 Å². The molecule has 2 N–H and O–H groups in total. The Hall–Kier alpha value is -1.14. The van der Waals surface area contributed by atoms with Crippen molar-refractivity contribution in [2.45, 2.75) is 45.6 Å². The highest BCUT2D eigenvalue weighted by Crippen LogP contribution is 2.19. The molecule has 20 heavy (non-hydrogen) atoms. The molecule has 116 valence electrons. The first-order chi connectivity index (χ1) is 9.42. The minimum Gasteiger partial charge on any atom is -0.481 e. The number of hydrogen-bond donors (Lipinski definition) is 2. The summed E-state index contributed by atoms with van der Waals surface area (Å²) in [5.74, 6) is -0.967. The van der Waals surface area contributed by atoms with Crippen LogP contribution in [0.15, 0.2) is 0 Å². The molecule has 1 unspecified atom stereocenters. The third-order valence-electron chi connectivity index (χ3n) is 3.45. The molecule has 0 bridgehead atoms. The molecule has 0 aliphatic carbocycles. The van der Waals surface area contributed by atoms with E-state index in [9.17, 15) is 9.59 Å². The van der Waals surface area contributed by atoms with E-state index >= 15 is 0 Å². The molecular weight excluding hydrogens is 262 g/mol.